The summed E-state index contributed by atoms with van der Waals surface area (Å²) in [6.45, 7) is 5.83. The molecular weight excluding hydrogens is 248 g/mol. The molecule has 1 aromatic carbocycles. The van der Waals surface area contributed by atoms with Gasteiger partial charge in [0.1, 0.15) is 0 Å². The monoisotopic (exact) mass is 268 g/mol. The quantitative estimate of drug-likeness (QED) is 0.393. The number of unbranched alkanes of at least 4 members (excludes halogenated alkanes) is 1. The summed E-state index contributed by atoms with van der Waals surface area (Å²) >= 11 is 0. The van der Waals surface area contributed by atoms with E-state index in [0.717, 1.165) is 18.4 Å². The van der Waals surface area contributed by atoms with Gasteiger partial charge in [0.15, 0.2) is 0 Å². The van der Waals surface area contributed by atoms with Gasteiger partial charge in [-0.3, -0.25) is 9.68 Å². The Kier molecular flexibility index (Phi) is 9.08. The standard InChI is InChI=1S/C8H8O3.C6H12O2/c1-6-4-2-3-5-7(6)8(9)11-10;1-3-4-5-8-6(2)7/h2-5,10H,1H3;3-5H2,1-2H3. The van der Waals surface area contributed by atoms with Crippen LogP contribution in [-0.4, -0.2) is 23.8 Å². The van der Waals surface area contributed by atoms with Crippen molar-refractivity contribution in [2.45, 2.75) is 33.6 Å². The average Bonchev–Trinajstić information content (AvgIpc) is 2.39. The minimum atomic E-state index is -0.719. The normalized spacial score (nSPS) is 9.05. The van der Waals surface area contributed by atoms with Gasteiger partial charge < -0.3 is 4.74 Å². The molecule has 0 aliphatic rings. The fourth-order valence-corrected chi connectivity index (χ4v) is 1.21. The van der Waals surface area contributed by atoms with Crippen molar-refractivity contribution in [3.05, 3.63) is 35.4 Å². The highest BCUT2D eigenvalue weighted by Gasteiger charge is 2.07. The Bertz CT molecular complexity index is 401. The highest BCUT2D eigenvalue weighted by Crippen LogP contribution is 2.07. The van der Waals surface area contributed by atoms with Crippen LogP contribution in [0.4, 0.5) is 0 Å². The van der Waals surface area contributed by atoms with Crippen LogP contribution in [0.5, 0.6) is 0 Å². The summed E-state index contributed by atoms with van der Waals surface area (Å²) in [7, 11) is 0. The lowest BCUT2D eigenvalue weighted by Gasteiger charge is -1.99. The molecule has 106 valence electrons. The van der Waals surface area contributed by atoms with Gasteiger partial charge in [-0.15, -0.1) is 0 Å². The predicted octanol–water partition coefficient (Wildman–Crippen LogP) is 2.97. The summed E-state index contributed by atoms with van der Waals surface area (Å²) in [5.41, 5.74) is 1.17. The molecule has 19 heavy (non-hydrogen) atoms. The Balaban J connectivity index is 0.000000362. The van der Waals surface area contributed by atoms with Gasteiger partial charge in [-0.2, -0.15) is 5.26 Å². The molecule has 0 aliphatic carbocycles. The van der Waals surface area contributed by atoms with E-state index in [1.165, 1.54) is 6.92 Å². The Morgan fingerprint density at radius 1 is 1.26 bits per heavy atom. The van der Waals surface area contributed by atoms with Gasteiger partial charge >= 0.3 is 11.9 Å². The van der Waals surface area contributed by atoms with E-state index in [1.54, 1.807) is 25.1 Å². The van der Waals surface area contributed by atoms with Crippen LogP contribution >= 0.6 is 0 Å². The molecule has 0 saturated heterocycles. The van der Waals surface area contributed by atoms with Crippen molar-refractivity contribution in [3.8, 4) is 0 Å². The Hall–Kier alpha value is -1.88. The third kappa shape index (κ3) is 7.94. The van der Waals surface area contributed by atoms with Crippen LogP contribution in [0.3, 0.4) is 0 Å². The van der Waals surface area contributed by atoms with Gasteiger partial charge in [-0.05, 0) is 25.0 Å². The first-order valence-electron chi connectivity index (χ1n) is 6.07. The van der Waals surface area contributed by atoms with Gasteiger partial charge in [0.2, 0.25) is 0 Å². The zero-order valence-corrected chi connectivity index (χ0v) is 11.5. The van der Waals surface area contributed by atoms with Crippen LogP contribution in [0.25, 0.3) is 0 Å². The minimum absolute atomic E-state index is 0.182. The van der Waals surface area contributed by atoms with Gasteiger partial charge in [-0.1, -0.05) is 31.5 Å². The molecule has 5 nitrogen and oxygen atoms in total. The summed E-state index contributed by atoms with van der Waals surface area (Å²) in [6.07, 6.45) is 2.05. The summed E-state index contributed by atoms with van der Waals surface area (Å²) in [5, 5.41) is 8.06. The van der Waals surface area contributed by atoms with E-state index < -0.39 is 5.97 Å². The van der Waals surface area contributed by atoms with Crippen molar-refractivity contribution in [1.29, 1.82) is 0 Å². The Labute approximate surface area is 113 Å². The molecule has 0 atom stereocenters. The van der Waals surface area contributed by atoms with Crippen LogP contribution in [0.1, 0.15) is 42.6 Å². The lowest BCUT2D eigenvalue weighted by molar-refractivity contribution is -0.182. The third-order valence-electron chi connectivity index (χ3n) is 2.25. The minimum Gasteiger partial charge on any atom is -0.466 e. The molecule has 1 N–H and O–H groups in total. The third-order valence-corrected chi connectivity index (χ3v) is 2.25. The van der Waals surface area contributed by atoms with Crippen LogP contribution in [-0.2, 0) is 14.4 Å². The molecule has 0 radical (unpaired) electrons. The maximum Gasteiger partial charge on any atom is 0.373 e. The zero-order chi connectivity index (χ0) is 14.7. The van der Waals surface area contributed by atoms with Crippen molar-refractivity contribution >= 4 is 11.9 Å². The highest BCUT2D eigenvalue weighted by molar-refractivity contribution is 5.90. The lowest BCUT2D eigenvalue weighted by Crippen LogP contribution is -2.03. The maximum absolute atomic E-state index is 10.8. The fraction of sp³-hybridized carbons (Fsp3) is 0.429. The second kappa shape index (κ2) is 10.1. The maximum atomic E-state index is 10.8. The summed E-state index contributed by atoms with van der Waals surface area (Å²) in [4.78, 5) is 24.4. The molecule has 0 heterocycles. The van der Waals surface area contributed by atoms with Crippen LogP contribution in [0.15, 0.2) is 24.3 Å². The van der Waals surface area contributed by atoms with Gasteiger partial charge in [0.05, 0.1) is 12.2 Å². The second-order valence-electron chi connectivity index (χ2n) is 3.89. The Morgan fingerprint density at radius 3 is 2.37 bits per heavy atom. The lowest BCUT2D eigenvalue weighted by atomic mass is 10.1. The van der Waals surface area contributed by atoms with Crippen molar-refractivity contribution < 1.29 is 24.5 Å². The van der Waals surface area contributed by atoms with Gasteiger partial charge in [-0.25, -0.2) is 4.79 Å². The zero-order valence-electron chi connectivity index (χ0n) is 11.5. The van der Waals surface area contributed by atoms with E-state index in [1.807, 2.05) is 6.07 Å². The number of carbonyl (C=O) groups excluding carboxylic acids is 2. The molecule has 0 fully saturated rings. The molecule has 1 rings (SSSR count). The summed E-state index contributed by atoms with van der Waals surface area (Å²) in [6, 6.07) is 6.88. The van der Waals surface area contributed by atoms with Crippen LogP contribution in [0, 0.1) is 6.92 Å². The van der Waals surface area contributed by atoms with E-state index in [2.05, 4.69) is 16.5 Å². The van der Waals surface area contributed by atoms with Crippen LogP contribution in [0.2, 0.25) is 0 Å². The number of esters is 1. The Morgan fingerprint density at radius 2 is 1.89 bits per heavy atom. The number of ether oxygens (including phenoxy) is 1. The van der Waals surface area contributed by atoms with Gasteiger partial charge in [0.25, 0.3) is 0 Å². The van der Waals surface area contributed by atoms with Crippen molar-refractivity contribution in [2.24, 2.45) is 0 Å². The smallest absolute Gasteiger partial charge is 0.373 e. The van der Waals surface area contributed by atoms with E-state index in [4.69, 9.17) is 5.26 Å². The molecule has 0 saturated carbocycles. The molecule has 0 bridgehead atoms. The van der Waals surface area contributed by atoms with Crippen LogP contribution < -0.4 is 0 Å². The van der Waals surface area contributed by atoms with Gasteiger partial charge in [0, 0.05) is 6.92 Å². The number of carbonyl (C=O) groups is 2. The number of rotatable bonds is 4. The first kappa shape index (κ1) is 17.1. The SMILES string of the molecule is CCCCOC(C)=O.Cc1ccccc1C(=O)OO. The van der Waals surface area contributed by atoms with Crippen molar-refractivity contribution in [1.82, 2.24) is 0 Å². The predicted molar refractivity (Wildman–Crippen MR) is 70.8 cm³/mol. The molecule has 0 spiro atoms. The van der Waals surface area contributed by atoms with E-state index >= 15 is 0 Å². The molecular formula is C14H20O5. The van der Waals surface area contributed by atoms with Crippen molar-refractivity contribution in [2.75, 3.05) is 6.61 Å². The number of hydrogen-bond acceptors (Lipinski definition) is 5. The number of aryl methyl sites for hydroxylation is 1. The fourth-order valence-electron chi connectivity index (χ4n) is 1.21. The first-order chi connectivity index (χ1) is 9.02. The number of benzene rings is 1. The molecule has 0 aromatic heterocycles. The van der Waals surface area contributed by atoms with Crippen molar-refractivity contribution in [3.63, 3.8) is 0 Å². The molecule has 1 aromatic rings. The number of hydrogen-bond donors (Lipinski definition) is 1. The molecule has 5 heteroatoms. The topological polar surface area (TPSA) is 72.8 Å². The largest absolute Gasteiger partial charge is 0.466 e. The van der Waals surface area contributed by atoms with E-state index in [0.29, 0.717) is 12.2 Å². The molecule has 0 amide bonds. The summed E-state index contributed by atoms with van der Waals surface area (Å²) in [5.74, 6) is -0.901. The second-order valence-corrected chi connectivity index (χ2v) is 3.89. The molecule has 0 unspecified atom stereocenters. The van der Waals surface area contributed by atoms with E-state index in [9.17, 15) is 9.59 Å². The first-order valence-corrected chi connectivity index (χ1v) is 6.07. The average molecular weight is 268 g/mol. The van der Waals surface area contributed by atoms with E-state index in [-0.39, 0.29) is 5.97 Å². The highest BCUT2D eigenvalue weighted by atomic mass is 17.1. The summed E-state index contributed by atoms with van der Waals surface area (Å²) < 4.78 is 4.64. The molecule has 0 aliphatic heterocycles.